The highest BCUT2D eigenvalue weighted by molar-refractivity contribution is 7.99. The number of nitrogens with one attached hydrogen (secondary N) is 2. The number of urea groups is 1. The van der Waals surface area contributed by atoms with Crippen LogP contribution in [0.1, 0.15) is 34.8 Å². The molecule has 9 heteroatoms. The Hall–Kier alpha value is -3.59. The Morgan fingerprint density at radius 3 is 2.70 bits per heavy atom. The van der Waals surface area contributed by atoms with Gasteiger partial charge in [0.15, 0.2) is 11.8 Å². The fourth-order valence-corrected chi connectivity index (χ4v) is 3.78. The lowest BCUT2D eigenvalue weighted by Gasteiger charge is -2.09. The van der Waals surface area contributed by atoms with E-state index in [2.05, 4.69) is 15.6 Å². The van der Waals surface area contributed by atoms with E-state index in [0.717, 1.165) is 15.4 Å². The van der Waals surface area contributed by atoms with Crippen molar-refractivity contribution in [3.8, 4) is 5.75 Å². The predicted molar refractivity (Wildman–Crippen MR) is 107 cm³/mol. The van der Waals surface area contributed by atoms with Crippen molar-refractivity contribution in [1.82, 2.24) is 15.6 Å². The third kappa shape index (κ3) is 4.36. The van der Waals surface area contributed by atoms with Gasteiger partial charge in [0.05, 0.1) is 11.2 Å². The van der Waals surface area contributed by atoms with Crippen LogP contribution >= 0.6 is 11.8 Å². The SMILES string of the molecule is CC(=O)c1cc(COc2ccc(Sc3ccoc3C3NC(=O)NC3=O)cc2)ccn1. The number of imide groups is 1. The van der Waals surface area contributed by atoms with E-state index in [9.17, 15) is 14.4 Å². The number of aromatic nitrogens is 1. The number of amides is 3. The molecule has 0 spiro atoms. The fourth-order valence-electron chi connectivity index (χ4n) is 2.86. The monoisotopic (exact) mass is 423 g/mol. The Kier molecular flexibility index (Phi) is 5.53. The second kappa shape index (κ2) is 8.42. The first-order valence-electron chi connectivity index (χ1n) is 9.05. The minimum absolute atomic E-state index is 0.0912. The van der Waals surface area contributed by atoms with E-state index in [0.29, 0.717) is 23.8 Å². The van der Waals surface area contributed by atoms with Gasteiger partial charge in [-0.2, -0.15) is 0 Å². The number of ether oxygens (including phenoxy) is 1. The van der Waals surface area contributed by atoms with Crippen LogP contribution in [0.5, 0.6) is 5.75 Å². The molecule has 1 aliphatic heterocycles. The predicted octanol–water partition coefficient (Wildman–Crippen LogP) is 3.49. The molecule has 1 aliphatic rings. The second-order valence-corrected chi connectivity index (χ2v) is 7.63. The van der Waals surface area contributed by atoms with Crippen molar-refractivity contribution in [2.75, 3.05) is 0 Å². The maximum atomic E-state index is 11.9. The zero-order valence-corrected chi connectivity index (χ0v) is 16.7. The van der Waals surface area contributed by atoms with Crippen molar-refractivity contribution in [2.24, 2.45) is 0 Å². The Morgan fingerprint density at radius 1 is 1.20 bits per heavy atom. The van der Waals surface area contributed by atoms with Gasteiger partial charge in [0.2, 0.25) is 0 Å². The molecule has 1 fully saturated rings. The molecule has 30 heavy (non-hydrogen) atoms. The van der Waals surface area contributed by atoms with Crippen molar-refractivity contribution >= 4 is 29.5 Å². The van der Waals surface area contributed by atoms with Crippen LogP contribution in [-0.2, 0) is 11.4 Å². The number of hydrogen-bond acceptors (Lipinski definition) is 7. The molecule has 2 aromatic heterocycles. The Labute approximate surface area is 176 Å². The summed E-state index contributed by atoms with van der Waals surface area (Å²) in [7, 11) is 0. The molecule has 1 saturated heterocycles. The number of nitrogens with zero attached hydrogens (tertiary/aromatic N) is 1. The molecule has 0 saturated carbocycles. The van der Waals surface area contributed by atoms with E-state index in [1.165, 1.54) is 24.9 Å². The quantitative estimate of drug-likeness (QED) is 0.442. The van der Waals surface area contributed by atoms with Gasteiger partial charge in [-0.1, -0.05) is 11.8 Å². The zero-order valence-electron chi connectivity index (χ0n) is 15.9. The lowest BCUT2D eigenvalue weighted by Crippen LogP contribution is -2.22. The summed E-state index contributed by atoms with van der Waals surface area (Å²) in [6.45, 7) is 1.79. The third-order valence-electron chi connectivity index (χ3n) is 4.34. The number of hydrogen-bond donors (Lipinski definition) is 2. The van der Waals surface area contributed by atoms with Crippen molar-refractivity contribution in [3.63, 3.8) is 0 Å². The number of carbonyl (C=O) groups is 3. The summed E-state index contributed by atoms with van der Waals surface area (Å²) in [4.78, 5) is 40.3. The number of furan rings is 1. The number of benzene rings is 1. The van der Waals surface area contributed by atoms with Crippen LogP contribution in [0.4, 0.5) is 4.79 Å². The fraction of sp³-hybridized carbons (Fsp3) is 0.143. The van der Waals surface area contributed by atoms with E-state index in [1.807, 2.05) is 24.3 Å². The average Bonchev–Trinajstić information content (AvgIpc) is 3.32. The molecule has 152 valence electrons. The first kappa shape index (κ1) is 19.7. The van der Waals surface area contributed by atoms with Gasteiger partial charge in [-0.15, -0.1) is 0 Å². The molecular weight excluding hydrogens is 406 g/mol. The highest BCUT2D eigenvalue weighted by atomic mass is 32.2. The molecule has 8 nitrogen and oxygen atoms in total. The summed E-state index contributed by atoms with van der Waals surface area (Å²) in [5.74, 6) is 0.536. The molecule has 0 radical (unpaired) electrons. The molecule has 3 heterocycles. The zero-order chi connectivity index (χ0) is 21.1. The molecule has 0 bridgehead atoms. The smallest absolute Gasteiger partial charge is 0.322 e. The molecule has 2 N–H and O–H groups in total. The van der Waals surface area contributed by atoms with Gasteiger partial charge < -0.3 is 14.5 Å². The highest BCUT2D eigenvalue weighted by Gasteiger charge is 2.35. The van der Waals surface area contributed by atoms with Crippen LogP contribution in [0, 0.1) is 0 Å². The van der Waals surface area contributed by atoms with Crippen molar-refractivity contribution in [2.45, 2.75) is 29.4 Å². The maximum absolute atomic E-state index is 11.9. The first-order chi connectivity index (χ1) is 14.5. The molecule has 3 amide bonds. The molecular formula is C21H17N3O5S. The number of rotatable bonds is 7. The number of carbonyl (C=O) groups excluding carboxylic acids is 3. The minimum Gasteiger partial charge on any atom is -0.489 e. The average molecular weight is 423 g/mol. The lowest BCUT2D eigenvalue weighted by atomic mass is 10.2. The Morgan fingerprint density at radius 2 is 2.00 bits per heavy atom. The van der Waals surface area contributed by atoms with Crippen LogP contribution in [0.25, 0.3) is 0 Å². The van der Waals surface area contributed by atoms with Gasteiger partial charge in [-0.05, 0) is 48.0 Å². The van der Waals surface area contributed by atoms with Gasteiger partial charge in [0.1, 0.15) is 23.8 Å². The van der Waals surface area contributed by atoms with Crippen LogP contribution < -0.4 is 15.4 Å². The normalized spacial score (nSPS) is 15.6. The number of pyridine rings is 1. The van der Waals surface area contributed by atoms with Crippen LogP contribution in [-0.4, -0.2) is 22.7 Å². The first-order valence-corrected chi connectivity index (χ1v) is 9.86. The molecule has 1 atom stereocenters. The number of ketones is 1. The topological polar surface area (TPSA) is 111 Å². The van der Waals surface area contributed by atoms with Crippen molar-refractivity contribution < 1.29 is 23.5 Å². The Bertz CT molecular complexity index is 1110. The summed E-state index contributed by atoms with van der Waals surface area (Å²) < 4.78 is 11.2. The van der Waals surface area contributed by atoms with E-state index in [1.54, 1.807) is 24.4 Å². The van der Waals surface area contributed by atoms with E-state index < -0.39 is 18.0 Å². The molecule has 3 aromatic rings. The molecule has 4 rings (SSSR count). The highest BCUT2D eigenvalue weighted by Crippen LogP contribution is 2.35. The van der Waals surface area contributed by atoms with E-state index in [-0.39, 0.29) is 5.78 Å². The Balaban J connectivity index is 1.40. The van der Waals surface area contributed by atoms with Crippen molar-refractivity contribution in [3.05, 3.63) is 71.9 Å². The van der Waals surface area contributed by atoms with Gasteiger partial charge in [0, 0.05) is 18.0 Å². The summed E-state index contributed by atoms with van der Waals surface area (Å²) in [6.07, 6.45) is 3.07. The summed E-state index contributed by atoms with van der Waals surface area (Å²) in [5, 5.41) is 4.73. The van der Waals surface area contributed by atoms with E-state index in [4.69, 9.17) is 9.15 Å². The molecule has 1 aromatic carbocycles. The lowest BCUT2D eigenvalue weighted by molar-refractivity contribution is -0.120. The summed E-state index contributed by atoms with van der Waals surface area (Å²) >= 11 is 1.41. The van der Waals surface area contributed by atoms with E-state index >= 15 is 0 Å². The van der Waals surface area contributed by atoms with Gasteiger partial charge in [-0.3, -0.25) is 19.9 Å². The molecule has 1 unspecified atom stereocenters. The van der Waals surface area contributed by atoms with Gasteiger partial charge in [-0.25, -0.2) is 4.79 Å². The molecule has 0 aliphatic carbocycles. The minimum atomic E-state index is -0.835. The number of Topliss-reactive ketones (excluding diaryl/α,β-unsaturated/α-hetero) is 1. The summed E-state index contributed by atoms with van der Waals surface area (Å²) in [5.41, 5.74) is 1.26. The van der Waals surface area contributed by atoms with Gasteiger partial charge >= 0.3 is 6.03 Å². The second-order valence-electron chi connectivity index (χ2n) is 6.51. The maximum Gasteiger partial charge on any atom is 0.322 e. The largest absolute Gasteiger partial charge is 0.489 e. The van der Waals surface area contributed by atoms with Gasteiger partial charge in [0.25, 0.3) is 5.91 Å². The van der Waals surface area contributed by atoms with Crippen molar-refractivity contribution in [1.29, 1.82) is 0 Å². The van der Waals surface area contributed by atoms with Crippen LogP contribution in [0.2, 0.25) is 0 Å². The van der Waals surface area contributed by atoms with Crippen LogP contribution in [0.3, 0.4) is 0 Å². The summed E-state index contributed by atoms with van der Waals surface area (Å²) in [6, 6.07) is 11.3. The standard InChI is InChI=1S/C21H17N3O5S/c1-12(25)16-10-13(6-8-22-16)11-29-14-2-4-15(5-3-14)30-17-7-9-28-19(17)18-20(26)24-21(27)23-18/h2-10,18H,11H2,1H3,(H2,23,24,26,27). The third-order valence-corrected chi connectivity index (χ3v) is 5.40. The van der Waals surface area contributed by atoms with Crippen LogP contribution in [0.15, 0.2) is 69.1 Å².